The van der Waals surface area contributed by atoms with E-state index in [-0.39, 0.29) is 29.3 Å². The van der Waals surface area contributed by atoms with Gasteiger partial charge in [0.1, 0.15) is 0 Å². The third-order valence-electron chi connectivity index (χ3n) is 9.52. The molecule has 4 fully saturated rings. The maximum atomic E-state index is 12.2. The predicted octanol–water partition coefficient (Wildman–Crippen LogP) is 2.18. The third-order valence-corrected chi connectivity index (χ3v) is 9.52. The first kappa shape index (κ1) is 17.7. The van der Waals surface area contributed by atoms with Crippen LogP contribution in [-0.2, 0) is 4.79 Å². The van der Waals surface area contributed by atoms with E-state index in [1.807, 2.05) is 0 Å². The molecule has 1 spiro atoms. The highest BCUT2D eigenvalue weighted by molar-refractivity contribution is 5.76. The van der Waals surface area contributed by atoms with Gasteiger partial charge in [0.05, 0.1) is 23.7 Å². The molecular formula is C20H32O5. The lowest BCUT2D eigenvalue weighted by molar-refractivity contribution is -0.217. The molecule has 5 nitrogen and oxygen atoms in total. The maximum absolute atomic E-state index is 12.2. The first-order chi connectivity index (χ1) is 11.6. The van der Waals surface area contributed by atoms with Gasteiger partial charge < -0.3 is 20.4 Å². The summed E-state index contributed by atoms with van der Waals surface area (Å²) in [6.07, 6.45) is 5.76. The van der Waals surface area contributed by atoms with E-state index in [0.717, 1.165) is 38.5 Å². The molecule has 8 atom stereocenters. The van der Waals surface area contributed by atoms with E-state index in [4.69, 9.17) is 0 Å². The van der Waals surface area contributed by atoms with Crippen molar-refractivity contribution in [3.8, 4) is 0 Å². The number of rotatable bonds is 2. The summed E-state index contributed by atoms with van der Waals surface area (Å²) in [6, 6.07) is 0. The summed E-state index contributed by atoms with van der Waals surface area (Å²) in [5, 5.41) is 41.1. The van der Waals surface area contributed by atoms with Gasteiger partial charge in [-0.3, -0.25) is 4.79 Å². The molecule has 4 aliphatic rings. The molecule has 0 aromatic heterocycles. The zero-order valence-electron chi connectivity index (χ0n) is 15.4. The van der Waals surface area contributed by atoms with Gasteiger partial charge in [-0.1, -0.05) is 6.92 Å². The maximum Gasteiger partial charge on any atom is 0.312 e. The highest BCUT2D eigenvalue weighted by Gasteiger charge is 2.71. The van der Waals surface area contributed by atoms with Crippen LogP contribution in [0, 0.1) is 34.0 Å². The van der Waals surface area contributed by atoms with Gasteiger partial charge in [-0.25, -0.2) is 0 Å². The topological polar surface area (TPSA) is 98.0 Å². The summed E-state index contributed by atoms with van der Waals surface area (Å²) in [5.41, 5.74) is -2.11. The third kappa shape index (κ3) is 1.93. The summed E-state index contributed by atoms with van der Waals surface area (Å²) in [7, 11) is 0. The Morgan fingerprint density at radius 3 is 2.44 bits per heavy atom. The fourth-order valence-corrected chi connectivity index (χ4v) is 7.88. The quantitative estimate of drug-likeness (QED) is 0.611. The van der Waals surface area contributed by atoms with Crippen LogP contribution in [0.25, 0.3) is 0 Å². The van der Waals surface area contributed by atoms with Crippen molar-refractivity contribution in [3.63, 3.8) is 0 Å². The van der Waals surface area contributed by atoms with Gasteiger partial charge in [0.2, 0.25) is 0 Å². The minimum atomic E-state index is -1.09. The van der Waals surface area contributed by atoms with Gasteiger partial charge in [-0.2, -0.15) is 0 Å². The van der Waals surface area contributed by atoms with Crippen molar-refractivity contribution in [3.05, 3.63) is 0 Å². The van der Waals surface area contributed by atoms with Gasteiger partial charge >= 0.3 is 5.97 Å². The minimum Gasteiger partial charge on any atom is -0.481 e. The first-order valence-electron chi connectivity index (χ1n) is 9.89. The van der Waals surface area contributed by atoms with E-state index >= 15 is 0 Å². The van der Waals surface area contributed by atoms with Crippen LogP contribution in [0.3, 0.4) is 0 Å². The Balaban J connectivity index is 1.77. The smallest absolute Gasteiger partial charge is 0.312 e. The van der Waals surface area contributed by atoms with E-state index < -0.39 is 23.1 Å². The lowest BCUT2D eigenvalue weighted by atomic mass is 9.39. The van der Waals surface area contributed by atoms with E-state index in [1.54, 1.807) is 6.92 Å². The Bertz CT molecular complexity index is 593. The number of hydrogen-bond acceptors (Lipinski definition) is 4. The number of aliphatic carboxylic acids is 1. The van der Waals surface area contributed by atoms with Crippen LogP contribution >= 0.6 is 0 Å². The molecule has 8 unspecified atom stereocenters. The van der Waals surface area contributed by atoms with Crippen molar-refractivity contribution in [2.24, 2.45) is 34.0 Å². The van der Waals surface area contributed by atoms with Crippen molar-refractivity contribution in [1.29, 1.82) is 0 Å². The molecular weight excluding hydrogens is 320 g/mol. The number of hydrogen-bond donors (Lipinski definition) is 4. The number of carboxylic acids is 1. The Kier molecular flexibility index (Phi) is 3.69. The van der Waals surface area contributed by atoms with Crippen LogP contribution in [0.2, 0.25) is 0 Å². The number of carboxylic acid groups (broad SMARTS) is 1. The van der Waals surface area contributed by atoms with E-state index in [0.29, 0.717) is 18.8 Å². The fraction of sp³-hybridized carbons (Fsp3) is 0.950. The van der Waals surface area contributed by atoms with Crippen molar-refractivity contribution >= 4 is 5.97 Å². The molecule has 25 heavy (non-hydrogen) atoms. The van der Waals surface area contributed by atoms with Crippen LogP contribution in [0.15, 0.2) is 0 Å². The van der Waals surface area contributed by atoms with Crippen LogP contribution in [0.4, 0.5) is 0 Å². The SMILES string of the molecule is CC1(C(=O)O)C(O)CCC2(C)C1CCC1CC3CC12CCC3(O)CO. The molecule has 0 amide bonds. The van der Waals surface area contributed by atoms with Crippen molar-refractivity contribution in [1.82, 2.24) is 0 Å². The van der Waals surface area contributed by atoms with E-state index in [2.05, 4.69) is 6.92 Å². The Morgan fingerprint density at radius 1 is 1.08 bits per heavy atom. The summed E-state index contributed by atoms with van der Waals surface area (Å²) < 4.78 is 0. The summed E-state index contributed by atoms with van der Waals surface area (Å²) >= 11 is 0. The predicted molar refractivity (Wildman–Crippen MR) is 91.7 cm³/mol. The lowest BCUT2D eigenvalue weighted by Gasteiger charge is -2.65. The van der Waals surface area contributed by atoms with Crippen molar-refractivity contribution < 1.29 is 25.2 Å². The molecule has 4 N–H and O–H groups in total. The highest BCUT2D eigenvalue weighted by Crippen LogP contribution is 2.75. The zero-order chi connectivity index (χ0) is 18.3. The van der Waals surface area contributed by atoms with Gasteiger partial charge in [-0.15, -0.1) is 0 Å². The van der Waals surface area contributed by atoms with Crippen LogP contribution in [-0.4, -0.2) is 44.7 Å². The average Bonchev–Trinajstić information content (AvgIpc) is 2.92. The number of aliphatic hydroxyl groups is 3. The summed E-state index contributed by atoms with van der Waals surface area (Å²) in [5.74, 6) is -0.276. The zero-order valence-corrected chi connectivity index (χ0v) is 15.4. The first-order valence-corrected chi connectivity index (χ1v) is 9.89. The molecule has 142 valence electrons. The molecule has 0 saturated heterocycles. The Hall–Kier alpha value is -0.650. The van der Waals surface area contributed by atoms with E-state index in [1.165, 1.54) is 0 Å². The summed E-state index contributed by atoms with van der Waals surface area (Å²) in [6.45, 7) is 3.84. The van der Waals surface area contributed by atoms with Gasteiger partial charge in [0.15, 0.2) is 0 Å². The largest absolute Gasteiger partial charge is 0.481 e. The molecule has 0 aliphatic heterocycles. The van der Waals surface area contributed by atoms with Crippen LogP contribution in [0.1, 0.15) is 65.2 Å². The average molecular weight is 352 g/mol. The molecule has 4 saturated carbocycles. The Labute approximate surface area is 149 Å². The lowest BCUT2D eigenvalue weighted by Crippen LogP contribution is -2.64. The second-order valence-corrected chi connectivity index (χ2v) is 9.94. The Morgan fingerprint density at radius 2 is 1.80 bits per heavy atom. The molecule has 4 rings (SSSR count). The molecule has 0 heterocycles. The second kappa shape index (κ2) is 5.20. The fourth-order valence-electron chi connectivity index (χ4n) is 7.88. The molecule has 2 bridgehead atoms. The standard InChI is InChI=1S/C20H32O5/c1-17-6-5-15(22)18(2,16(23)24)14(17)4-3-12-9-13-10-19(12,17)7-8-20(13,25)11-21/h12-15,21-22,25H,3-11H2,1-2H3,(H,23,24). The molecule has 4 aliphatic carbocycles. The van der Waals surface area contributed by atoms with Crippen molar-refractivity contribution in [2.45, 2.75) is 76.9 Å². The monoisotopic (exact) mass is 352 g/mol. The molecule has 0 radical (unpaired) electrons. The molecule has 0 aromatic carbocycles. The van der Waals surface area contributed by atoms with Crippen molar-refractivity contribution in [2.75, 3.05) is 6.61 Å². The van der Waals surface area contributed by atoms with Crippen LogP contribution < -0.4 is 0 Å². The van der Waals surface area contributed by atoms with Gasteiger partial charge in [0, 0.05) is 0 Å². The molecule has 0 aromatic rings. The number of aliphatic hydroxyl groups excluding tert-OH is 2. The normalized spacial score (nSPS) is 57.6. The second-order valence-electron chi connectivity index (χ2n) is 9.94. The summed E-state index contributed by atoms with van der Waals surface area (Å²) in [4.78, 5) is 12.2. The number of fused-ring (bicyclic) bond motifs is 2. The van der Waals surface area contributed by atoms with Gasteiger partial charge in [-0.05, 0) is 86.9 Å². The highest BCUT2D eigenvalue weighted by atomic mass is 16.4. The number of carbonyl (C=O) groups is 1. The van der Waals surface area contributed by atoms with E-state index in [9.17, 15) is 25.2 Å². The molecule has 5 heteroatoms. The van der Waals surface area contributed by atoms with Gasteiger partial charge in [0.25, 0.3) is 0 Å². The minimum absolute atomic E-state index is 0.0310. The van der Waals surface area contributed by atoms with Crippen LogP contribution in [0.5, 0.6) is 0 Å².